The summed E-state index contributed by atoms with van der Waals surface area (Å²) in [4.78, 5) is 15.9. The van der Waals surface area contributed by atoms with Crippen LogP contribution in [0.25, 0.3) is 0 Å². The fourth-order valence-corrected chi connectivity index (χ4v) is 2.14. The van der Waals surface area contributed by atoms with Crippen molar-refractivity contribution in [2.45, 2.75) is 18.9 Å². The Morgan fingerprint density at radius 1 is 1.43 bits per heavy atom. The summed E-state index contributed by atoms with van der Waals surface area (Å²) in [5.74, 6) is -2.06. The number of halogens is 2. The van der Waals surface area contributed by atoms with Gasteiger partial charge in [-0.1, -0.05) is 5.16 Å². The SMILES string of the molecule is O=C(Nc1cc(F)ccc1F)c1noc(C2CCCN2)n1. The number of nitrogens with one attached hydrogen (secondary N) is 2. The minimum Gasteiger partial charge on any atom is -0.337 e. The topological polar surface area (TPSA) is 80.0 Å². The molecule has 0 bridgehead atoms. The standard InChI is InChI=1S/C13H12F2N4O2/c14-7-3-4-8(15)10(6-7)17-12(20)11-18-13(21-19-11)9-2-1-5-16-9/h3-4,6,9,16H,1-2,5H2,(H,17,20). The third-order valence-corrected chi connectivity index (χ3v) is 3.18. The minimum absolute atomic E-state index is 0.0649. The van der Waals surface area contributed by atoms with E-state index in [4.69, 9.17) is 4.52 Å². The first-order valence-electron chi connectivity index (χ1n) is 6.47. The van der Waals surface area contributed by atoms with Crippen molar-refractivity contribution in [2.24, 2.45) is 0 Å². The number of amides is 1. The van der Waals surface area contributed by atoms with Crippen LogP contribution in [0.4, 0.5) is 14.5 Å². The quantitative estimate of drug-likeness (QED) is 0.905. The first-order chi connectivity index (χ1) is 10.1. The van der Waals surface area contributed by atoms with Crippen molar-refractivity contribution in [3.63, 3.8) is 0 Å². The summed E-state index contributed by atoms with van der Waals surface area (Å²) >= 11 is 0. The number of hydrogen-bond donors (Lipinski definition) is 2. The molecule has 6 nitrogen and oxygen atoms in total. The van der Waals surface area contributed by atoms with Gasteiger partial charge in [0.25, 0.3) is 11.7 Å². The van der Waals surface area contributed by atoms with Crippen molar-refractivity contribution in [3.05, 3.63) is 41.5 Å². The number of aromatic nitrogens is 2. The van der Waals surface area contributed by atoms with Crippen LogP contribution in [0, 0.1) is 11.6 Å². The lowest BCUT2D eigenvalue weighted by molar-refractivity contribution is 0.101. The van der Waals surface area contributed by atoms with Gasteiger partial charge in [-0.05, 0) is 31.5 Å². The molecule has 1 saturated heterocycles. The highest BCUT2D eigenvalue weighted by atomic mass is 19.1. The van der Waals surface area contributed by atoms with Crippen molar-refractivity contribution >= 4 is 11.6 Å². The second-order valence-electron chi connectivity index (χ2n) is 4.68. The fourth-order valence-electron chi connectivity index (χ4n) is 2.14. The van der Waals surface area contributed by atoms with Gasteiger partial charge in [0, 0.05) is 6.07 Å². The molecule has 1 aliphatic heterocycles. The molecule has 0 saturated carbocycles. The molecule has 0 spiro atoms. The van der Waals surface area contributed by atoms with E-state index in [9.17, 15) is 13.6 Å². The molecule has 1 amide bonds. The predicted molar refractivity (Wildman–Crippen MR) is 68.6 cm³/mol. The number of hydrogen-bond acceptors (Lipinski definition) is 5. The number of carbonyl (C=O) groups is 1. The molecule has 1 unspecified atom stereocenters. The number of benzene rings is 1. The Morgan fingerprint density at radius 3 is 3.05 bits per heavy atom. The molecule has 1 fully saturated rings. The Labute approximate surface area is 118 Å². The highest BCUT2D eigenvalue weighted by Crippen LogP contribution is 2.21. The van der Waals surface area contributed by atoms with Gasteiger partial charge in [0.2, 0.25) is 5.89 Å². The third-order valence-electron chi connectivity index (χ3n) is 3.18. The summed E-state index contributed by atoms with van der Waals surface area (Å²) in [6.45, 7) is 0.850. The zero-order chi connectivity index (χ0) is 14.8. The van der Waals surface area contributed by atoms with Crippen LogP contribution in [0.15, 0.2) is 22.7 Å². The van der Waals surface area contributed by atoms with E-state index in [0.717, 1.165) is 37.6 Å². The van der Waals surface area contributed by atoms with Gasteiger partial charge >= 0.3 is 0 Å². The van der Waals surface area contributed by atoms with E-state index in [-0.39, 0.29) is 17.6 Å². The number of nitrogens with zero attached hydrogens (tertiary/aromatic N) is 2. The number of anilines is 1. The van der Waals surface area contributed by atoms with E-state index in [0.29, 0.717) is 5.89 Å². The summed E-state index contributed by atoms with van der Waals surface area (Å²) in [6.07, 6.45) is 1.84. The molecule has 8 heteroatoms. The van der Waals surface area contributed by atoms with E-state index in [1.807, 2.05) is 0 Å². The highest BCUT2D eigenvalue weighted by Gasteiger charge is 2.24. The molecular weight excluding hydrogens is 282 g/mol. The van der Waals surface area contributed by atoms with Crippen molar-refractivity contribution < 1.29 is 18.1 Å². The largest absolute Gasteiger partial charge is 0.337 e. The summed E-state index contributed by atoms with van der Waals surface area (Å²) < 4.78 is 31.5. The number of rotatable bonds is 3. The molecule has 1 aromatic heterocycles. The van der Waals surface area contributed by atoms with Gasteiger partial charge in [0.15, 0.2) is 0 Å². The second kappa shape index (κ2) is 5.57. The summed E-state index contributed by atoms with van der Waals surface area (Å²) in [5.41, 5.74) is -0.273. The molecule has 21 heavy (non-hydrogen) atoms. The summed E-state index contributed by atoms with van der Waals surface area (Å²) in [7, 11) is 0. The maximum Gasteiger partial charge on any atom is 0.297 e. The predicted octanol–water partition coefficient (Wildman–Crippen LogP) is 2.02. The highest BCUT2D eigenvalue weighted by molar-refractivity contribution is 6.01. The fraction of sp³-hybridized carbons (Fsp3) is 0.308. The maximum absolute atomic E-state index is 13.4. The molecule has 1 aliphatic rings. The summed E-state index contributed by atoms with van der Waals surface area (Å²) in [6, 6.07) is 2.70. The lowest BCUT2D eigenvalue weighted by Gasteiger charge is -2.03. The van der Waals surface area contributed by atoms with Crippen LogP contribution in [0.5, 0.6) is 0 Å². The first kappa shape index (κ1) is 13.6. The molecule has 1 aromatic carbocycles. The van der Waals surface area contributed by atoms with E-state index in [2.05, 4.69) is 20.8 Å². The Morgan fingerprint density at radius 2 is 2.29 bits per heavy atom. The van der Waals surface area contributed by atoms with Gasteiger partial charge < -0.3 is 15.2 Å². The van der Waals surface area contributed by atoms with Gasteiger partial charge in [0.05, 0.1) is 11.7 Å². The zero-order valence-electron chi connectivity index (χ0n) is 10.9. The second-order valence-corrected chi connectivity index (χ2v) is 4.68. The van der Waals surface area contributed by atoms with E-state index in [1.165, 1.54) is 0 Å². The Kier molecular flexibility index (Phi) is 3.61. The lowest BCUT2D eigenvalue weighted by Crippen LogP contribution is -2.16. The summed E-state index contributed by atoms with van der Waals surface area (Å²) in [5, 5.41) is 8.92. The number of carbonyl (C=O) groups excluding carboxylic acids is 1. The Balaban J connectivity index is 1.74. The van der Waals surface area contributed by atoms with E-state index >= 15 is 0 Å². The van der Waals surface area contributed by atoms with Crippen LogP contribution in [0.2, 0.25) is 0 Å². The van der Waals surface area contributed by atoms with Crippen molar-refractivity contribution in [2.75, 3.05) is 11.9 Å². The Hall–Kier alpha value is -2.35. The molecular formula is C13H12F2N4O2. The van der Waals surface area contributed by atoms with Crippen LogP contribution in [-0.2, 0) is 0 Å². The minimum atomic E-state index is -0.757. The average molecular weight is 294 g/mol. The van der Waals surface area contributed by atoms with Crippen LogP contribution >= 0.6 is 0 Å². The zero-order valence-corrected chi connectivity index (χ0v) is 10.9. The van der Waals surface area contributed by atoms with Crippen LogP contribution in [0.3, 0.4) is 0 Å². The monoisotopic (exact) mass is 294 g/mol. The molecule has 0 radical (unpaired) electrons. The maximum atomic E-state index is 13.4. The van der Waals surface area contributed by atoms with Crippen molar-refractivity contribution in [1.29, 1.82) is 0 Å². The molecule has 2 heterocycles. The molecule has 2 N–H and O–H groups in total. The Bertz CT molecular complexity index is 668. The lowest BCUT2D eigenvalue weighted by atomic mass is 10.2. The first-order valence-corrected chi connectivity index (χ1v) is 6.47. The van der Waals surface area contributed by atoms with Gasteiger partial charge in [0.1, 0.15) is 11.6 Å². The van der Waals surface area contributed by atoms with Gasteiger partial charge in [-0.15, -0.1) is 0 Å². The average Bonchev–Trinajstić information content (AvgIpc) is 3.12. The van der Waals surface area contributed by atoms with Crippen LogP contribution in [0.1, 0.15) is 35.4 Å². The normalized spacial score (nSPS) is 17.9. The van der Waals surface area contributed by atoms with Crippen molar-refractivity contribution in [3.8, 4) is 0 Å². The van der Waals surface area contributed by atoms with E-state index in [1.54, 1.807) is 0 Å². The van der Waals surface area contributed by atoms with Crippen molar-refractivity contribution in [1.82, 2.24) is 15.5 Å². The van der Waals surface area contributed by atoms with Gasteiger partial charge in [-0.3, -0.25) is 4.79 Å². The molecule has 2 aromatic rings. The smallest absolute Gasteiger partial charge is 0.297 e. The molecule has 3 rings (SSSR count). The molecule has 110 valence electrons. The van der Waals surface area contributed by atoms with Crippen LogP contribution < -0.4 is 10.6 Å². The van der Waals surface area contributed by atoms with Gasteiger partial charge in [-0.2, -0.15) is 4.98 Å². The molecule has 1 atom stereocenters. The van der Waals surface area contributed by atoms with E-state index < -0.39 is 17.5 Å². The third kappa shape index (κ3) is 2.89. The van der Waals surface area contributed by atoms with Crippen LogP contribution in [-0.4, -0.2) is 22.6 Å². The molecule has 0 aliphatic carbocycles. The van der Waals surface area contributed by atoms with Gasteiger partial charge in [-0.25, -0.2) is 8.78 Å².